The van der Waals surface area contributed by atoms with Crippen LogP contribution in [-0.2, 0) is 11.2 Å². The minimum Gasteiger partial charge on any atom is -0.362 e. The Kier molecular flexibility index (Phi) is 5.04. The number of carbonyl (C=O) groups excluding carboxylic acids is 2. The highest BCUT2D eigenvalue weighted by molar-refractivity contribution is 7.12. The maximum absolute atomic E-state index is 12.6. The minimum atomic E-state index is 0.0800. The van der Waals surface area contributed by atoms with Crippen molar-refractivity contribution >= 4 is 23.2 Å². The van der Waals surface area contributed by atoms with Crippen molar-refractivity contribution in [3.05, 3.63) is 45.4 Å². The summed E-state index contributed by atoms with van der Waals surface area (Å²) in [4.78, 5) is 32.8. The summed E-state index contributed by atoms with van der Waals surface area (Å²) in [5.41, 5.74) is 3.21. The number of nitrogens with zero attached hydrogens (tertiary/aromatic N) is 2. The van der Waals surface area contributed by atoms with Gasteiger partial charge in [0, 0.05) is 37.6 Å². The molecule has 2 aromatic rings. The molecule has 0 bridgehead atoms. The van der Waals surface area contributed by atoms with Gasteiger partial charge in [0.2, 0.25) is 5.91 Å². The van der Waals surface area contributed by atoms with Crippen LogP contribution in [0.5, 0.6) is 0 Å². The zero-order valence-electron chi connectivity index (χ0n) is 14.2. The van der Waals surface area contributed by atoms with Crippen molar-refractivity contribution in [2.45, 2.75) is 26.7 Å². The molecule has 2 amide bonds. The largest absolute Gasteiger partial charge is 0.362 e. The second-order valence-electron chi connectivity index (χ2n) is 6.28. The van der Waals surface area contributed by atoms with Crippen molar-refractivity contribution in [3.8, 4) is 0 Å². The van der Waals surface area contributed by atoms with Crippen LogP contribution in [0, 0.1) is 13.8 Å². The Morgan fingerprint density at radius 1 is 1.17 bits per heavy atom. The number of amides is 2. The summed E-state index contributed by atoms with van der Waals surface area (Å²) in [5.74, 6) is 0.221. The van der Waals surface area contributed by atoms with Crippen molar-refractivity contribution in [1.29, 1.82) is 0 Å². The molecule has 3 heterocycles. The smallest absolute Gasteiger partial charge is 0.263 e. The predicted octanol–water partition coefficient (Wildman–Crippen LogP) is 2.61. The van der Waals surface area contributed by atoms with Crippen LogP contribution in [0.1, 0.15) is 33.0 Å². The molecule has 0 atom stereocenters. The number of aryl methyl sites for hydroxylation is 2. The molecule has 1 N–H and O–H groups in total. The van der Waals surface area contributed by atoms with Gasteiger partial charge in [0.05, 0.1) is 11.3 Å². The van der Waals surface area contributed by atoms with Gasteiger partial charge in [-0.25, -0.2) is 0 Å². The fraction of sp³-hybridized carbons (Fsp3) is 0.444. The summed E-state index contributed by atoms with van der Waals surface area (Å²) in [6.45, 7) is 6.64. The second-order valence-corrected chi connectivity index (χ2v) is 7.23. The van der Waals surface area contributed by atoms with Gasteiger partial charge in [-0.3, -0.25) is 9.59 Å². The second kappa shape index (κ2) is 7.21. The van der Waals surface area contributed by atoms with Crippen LogP contribution in [0.3, 0.4) is 0 Å². The summed E-state index contributed by atoms with van der Waals surface area (Å²) in [5, 5.41) is 1.92. The topological polar surface area (TPSA) is 56.4 Å². The van der Waals surface area contributed by atoms with Gasteiger partial charge in [0.25, 0.3) is 5.91 Å². The number of carbonyl (C=O) groups is 2. The van der Waals surface area contributed by atoms with Crippen LogP contribution in [0.4, 0.5) is 0 Å². The number of aromatic amines is 1. The average molecular weight is 345 g/mol. The lowest BCUT2D eigenvalue weighted by Gasteiger charge is -2.22. The van der Waals surface area contributed by atoms with E-state index in [0.717, 1.165) is 34.8 Å². The standard InChI is InChI=1S/C18H23N3O2S/c1-13-11-15(14(2)19-13)12-17(22)20-6-4-7-21(9-8-20)18(23)16-5-3-10-24-16/h3,5,10-11,19H,4,6-9,12H2,1-2H3. The summed E-state index contributed by atoms with van der Waals surface area (Å²) in [7, 11) is 0. The fourth-order valence-electron chi connectivity index (χ4n) is 3.17. The van der Waals surface area contributed by atoms with Crippen molar-refractivity contribution < 1.29 is 9.59 Å². The highest BCUT2D eigenvalue weighted by atomic mass is 32.1. The van der Waals surface area contributed by atoms with Gasteiger partial charge in [-0.15, -0.1) is 11.3 Å². The van der Waals surface area contributed by atoms with Crippen LogP contribution < -0.4 is 0 Å². The molecule has 0 aliphatic carbocycles. The molecule has 5 nitrogen and oxygen atoms in total. The van der Waals surface area contributed by atoms with Crippen LogP contribution in [0.25, 0.3) is 0 Å². The number of hydrogen-bond acceptors (Lipinski definition) is 3. The van der Waals surface area contributed by atoms with Gasteiger partial charge in [-0.1, -0.05) is 6.07 Å². The zero-order chi connectivity index (χ0) is 17.1. The van der Waals surface area contributed by atoms with E-state index in [2.05, 4.69) is 4.98 Å². The van der Waals surface area contributed by atoms with E-state index in [1.807, 2.05) is 47.2 Å². The summed E-state index contributed by atoms with van der Waals surface area (Å²) in [6.07, 6.45) is 1.25. The van der Waals surface area contributed by atoms with Crippen molar-refractivity contribution in [2.75, 3.05) is 26.2 Å². The number of thiophene rings is 1. The quantitative estimate of drug-likeness (QED) is 0.930. The van der Waals surface area contributed by atoms with Crippen molar-refractivity contribution in [1.82, 2.24) is 14.8 Å². The minimum absolute atomic E-state index is 0.0800. The first kappa shape index (κ1) is 16.8. The number of nitrogens with one attached hydrogen (secondary N) is 1. The first-order valence-electron chi connectivity index (χ1n) is 8.30. The van der Waals surface area contributed by atoms with Crippen LogP contribution in [0.15, 0.2) is 23.6 Å². The molecule has 0 radical (unpaired) electrons. The van der Waals surface area contributed by atoms with E-state index in [1.54, 1.807) is 0 Å². The first-order chi connectivity index (χ1) is 11.5. The zero-order valence-corrected chi connectivity index (χ0v) is 15.0. The molecule has 6 heteroatoms. The van der Waals surface area contributed by atoms with E-state index in [9.17, 15) is 9.59 Å². The summed E-state index contributed by atoms with van der Waals surface area (Å²) >= 11 is 1.47. The summed E-state index contributed by atoms with van der Waals surface area (Å²) < 4.78 is 0. The number of H-pyrrole nitrogens is 1. The third-order valence-electron chi connectivity index (χ3n) is 4.47. The highest BCUT2D eigenvalue weighted by Gasteiger charge is 2.23. The van der Waals surface area contributed by atoms with E-state index < -0.39 is 0 Å². The molecular formula is C18H23N3O2S. The van der Waals surface area contributed by atoms with E-state index in [-0.39, 0.29) is 11.8 Å². The van der Waals surface area contributed by atoms with E-state index in [1.165, 1.54) is 11.3 Å². The van der Waals surface area contributed by atoms with E-state index >= 15 is 0 Å². The van der Waals surface area contributed by atoms with Crippen LogP contribution >= 0.6 is 11.3 Å². The van der Waals surface area contributed by atoms with Crippen molar-refractivity contribution in [3.63, 3.8) is 0 Å². The van der Waals surface area contributed by atoms with Crippen molar-refractivity contribution in [2.24, 2.45) is 0 Å². The Labute approximate surface area is 146 Å². The molecule has 1 aliphatic rings. The predicted molar refractivity (Wildman–Crippen MR) is 95.4 cm³/mol. The molecule has 0 aromatic carbocycles. The molecule has 1 saturated heterocycles. The lowest BCUT2D eigenvalue weighted by molar-refractivity contribution is -0.130. The third kappa shape index (κ3) is 3.70. The van der Waals surface area contributed by atoms with Gasteiger partial charge < -0.3 is 14.8 Å². The molecule has 1 fully saturated rings. The average Bonchev–Trinajstić information content (AvgIpc) is 3.10. The molecule has 0 saturated carbocycles. The fourth-order valence-corrected chi connectivity index (χ4v) is 3.86. The highest BCUT2D eigenvalue weighted by Crippen LogP contribution is 2.16. The Balaban J connectivity index is 1.60. The Hall–Kier alpha value is -2.08. The van der Waals surface area contributed by atoms with E-state index in [4.69, 9.17) is 0 Å². The normalized spacial score (nSPS) is 15.4. The first-order valence-corrected chi connectivity index (χ1v) is 9.18. The molecular weight excluding hydrogens is 322 g/mol. The maximum Gasteiger partial charge on any atom is 0.263 e. The third-order valence-corrected chi connectivity index (χ3v) is 5.32. The molecule has 128 valence electrons. The van der Waals surface area contributed by atoms with Gasteiger partial charge in [-0.2, -0.15) is 0 Å². The van der Waals surface area contributed by atoms with Gasteiger partial charge in [0.1, 0.15) is 0 Å². The Bertz CT molecular complexity index is 721. The van der Waals surface area contributed by atoms with E-state index in [0.29, 0.717) is 26.1 Å². The molecule has 1 aliphatic heterocycles. The molecule has 24 heavy (non-hydrogen) atoms. The van der Waals surface area contributed by atoms with Crippen LogP contribution in [0.2, 0.25) is 0 Å². The van der Waals surface area contributed by atoms with Gasteiger partial charge in [-0.05, 0) is 43.3 Å². The molecule has 2 aromatic heterocycles. The van der Waals surface area contributed by atoms with Gasteiger partial charge >= 0.3 is 0 Å². The number of aromatic nitrogens is 1. The van der Waals surface area contributed by atoms with Gasteiger partial charge in [0.15, 0.2) is 0 Å². The number of hydrogen-bond donors (Lipinski definition) is 1. The Morgan fingerprint density at radius 2 is 1.92 bits per heavy atom. The maximum atomic E-state index is 12.6. The molecule has 0 spiro atoms. The number of rotatable bonds is 3. The monoisotopic (exact) mass is 345 g/mol. The lowest BCUT2D eigenvalue weighted by Crippen LogP contribution is -2.37. The lowest BCUT2D eigenvalue weighted by atomic mass is 10.1. The summed E-state index contributed by atoms with van der Waals surface area (Å²) in [6, 6.07) is 5.79. The SMILES string of the molecule is Cc1cc(CC(=O)N2CCCN(C(=O)c3cccs3)CC2)c(C)[nH]1. The Morgan fingerprint density at radius 3 is 2.58 bits per heavy atom. The van der Waals surface area contributed by atoms with Crippen LogP contribution in [-0.4, -0.2) is 52.8 Å². The molecule has 0 unspecified atom stereocenters. The molecule has 3 rings (SSSR count).